The molecule has 1 aromatic rings. The van der Waals surface area contributed by atoms with Gasteiger partial charge in [0.05, 0.1) is 24.7 Å². The molecule has 4 aliphatic carbocycles. The molecule has 6 atom stereocenters. The van der Waals surface area contributed by atoms with Gasteiger partial charge in [0.1, 0.15) is 0 Å². The number of aliphatic imine (C=N–C) groups is 1. The van der Waals surface area contributed by atoms with Crippen molar-refractivity contribution in [3.63, 3.8) is 0 Å². The van der Waals surface area contributed by atoms with Crippen LogP contribution >= 0.6 is 0 Å². The molecule has 50 heavy (non-hydrogen) atoms. The standard InChI is InChI=1S/C41H59N3O6/c1-4-28(21-22-45)32(25-46)23-33(47)17-14-30-24-38(50-34-11-7-8-12-34)40(48)39-35(30)19-15-29-10-6-5-9-27(2)13-18-36(39)31(26-49-3)16-20-37(29)44-41(42)43/h23-24,27-29,31,34,36-37,45-46,48H,4,7-14,16-18,20-22,25-26H2,1-3H3,(H4,42,43,44). The fraction of sp³-hybridized carbons (Fsp3) is 0.659. The summed E-state index contributed by atoms with van der Waals surface area (Å²) in [7, 11) is 1.71. The third-order valence-electron chi connectivity index (χ3n) is 10.8. The van der Waals surface area contributed by atoms with Gasteiger partial charge < -0.3 is 36.3 Å². The molecule has 4 aliphatic rings. The molecule has 2 bridgehead atoms. The van der Waals surface area contributed by atoms with Crippen molar-refractivity contribution in [2.45, 2.75) is 122 Å². The Bertz CT molecular complexity index is 1470. The van der Waals surface area contributed by atoms with Gasteiger partial charge in [0.25, 0.3) is 0 Å². The van der Waals surface area contributed by atoms with Crippen molar-refractivity contribution in [3.8, 4) is 35.2 Å². The number of carbonyl (C=O) groups is 1. The lowest BCUT2D eigenvalue weighted by Crippen LogP contribution is -2.30. The summed E-state index contributed by atoms with van der Waals surface area (Å²) < 4.78 is 12.4. The molecular weight excluding hydrogens is 630 g/mol. The maximum Gasteiger partial charge on any atom is 0.186 e. The largest absolute Gasteiger partial charge is 0.504 e. The normalized spacial score (nSPS) is 24.8. The molecule has 0 aliphatic heterocycles. The lowest BCUT2D eigenvalue weighted by atomic mass is 9.74. The van der Waals surface area contributed by atoms with Gasteiger partial charge in [0, 0.05) is 50.7 Å². The zero-order chi connectivity index (χ0) is 36.0. The lowest BCUT2D eigenvalue weighted by Gasteiger charge is -2.33. The molecule has 0 saturated heterocycles. The number of ketones is 1. The first-order valence-electron chi connectivity index (χ1n) is 18.7. The minimum absolute atomic E-state index is 0.00719. The average Bonchev–Trinajstić information content (AvgIpc) is 3.61. The second-order valence-electron chi connectivity index (χ2n) is 14.5. The van der Waals surface area contributed by atoms with Crippen LogP contribution in [0.25, 0.3) is 0 Å². The summed E-state index contributed by atoms with van der Waals surface area (Å²) in [5, 5.41) is 31.8. The number of aryl methyl sites for hydroxylation is 1. The molecule has 0 radical (unpaired) electrons. The molecule has 1 saturated carbocycles. The number of aromatic hydroxyl groups is 1. The molecule has 1 aromatic carbocycles. The Balaban J connectivity index is 1.91. The second-order valence-corrected chi connectivity index (χ2v) is 14.5. The Kier molecular flexibility index (Phi) is 15.5. The third kappa shape index (κ3) is 10.8. The second kappa shape index (κ2) is 19.8. The van der Waals surface area contributed by atoms with E-state index in [2.05, 4.69) is 35.6 Å². The van der Waals surface area contributed by atoms with Gasteiger partial charge in [-0.3, -0.25) is 4.79 Å². The van der Waals surface area contributed by atoms with Crippen LogP contribution in [0.5, 0.6) is 11.5 Å². The van der Waals surface area contributed by atoms with Crippen LogP contribution in [0.2, 0.25) is 0 Å². The molecule has 7 N–H and O–H groups in total. The maximum absolute atomic E-state index is 13.5. The van der Waals surface area contributed by atoms with Crippen molar-refractivity contribution in [2.24, 2.45) is 40.1 Å². The number of nitrogens with zero attached hydrogens (tertiary/aromatic N) is 1. The predicted octanol–water partition coefficient (Wildman–Crippen LogP) is 5.51. The zero-order valence-corrected chi connectivity index (χ0v) is 30.4. The van der Waals surface area contributed by atoms with Gasteiger partial charge in [-0.2, -0.15) is 0 Å². The number of allylic oxidation sites excluding steroid dienone is 1. The van der Waals surface area contributed by atoms with Gasteiger partial charge >= 0.3 is 0 Å². The zero-order valence-electron chi connectivity index (χ0n) is 30.4. The fourth-order valence-electron chi connectivity index (χ4n) is 7.95. The van der Waals surface area contributed by atoms with Gasteiger partial charge in [-0.05, 0) is 118 Å². The highest BCUT2D eigenvalue weighted by molar-refractivity contribution is 5.90. The third-order valence-corrected chi connectivity index (χ3v) is 10.8. The van der Waals surface area contributed by atoms with Crippen LogP contribution in [0.4, 0.5) is 0 Å². The van der Waals surface area contributed by atoms with E-state index < -0.39 is 0 Å². The lowest BCUT2D eigenvalue weighted by molar-refractivity contribution is -0.114. The summed E-state index contributed by atoms with van der Waals surface area (Å²) in [6.07, 6.45) is 11.9. The SMILES string of the molecule is CCC(CCO)C(=CC(=O)CCc1cc(OC2CCCC2)c(O)c2c1C#CC1CC#CCC(C)CCC2C(COC)CCC1N=C(N)N)CO. The van der Waals surface area contributed by atoms with Gasteiger partial charge in [0.15, 0.2) is 23.2 Å². The summed E-state index contributed by atoms with van der Waals surface area (Å²) in [6, 6.07) is 1.64. The smallest absolute Gasteiger partial charge is 0.186 e. The van der Waals surface area contributed by atoms with E-state index in [1.165, 1.54) is 0 Å². The Morgan fingerprint density at radius 1 is 1.10 bits per heavy atom. The van der Waals surface area contributed by atoms with E-state index in [4.69, 9.17) is 20.9 Å². The van der Waals surface area contributed by atoms with Gasteiger partial charge in [-0.15, -0.1) is 11.8 Å². The van der Waals surface area contributed by atoms with E-state index in [0.717, 1.165) is 74.5 Å². The van der Waals surface area contributed by atoms with Crippen LogP contribution in [0.1, 0.15) is 120 Å². The van der Waals surface area contributed by atoms with Crippen LogP contribution in [0.3, 0.4) is 0 Å². The van der Waals surface area contributed by atoms with Crippen molar-refractivity contribution in [1.82, 2.24) is 0 Å². The maximum atomic E-state index is 13.5. The number of phenols is 1. The summed E-state index contributed by atoms with van der Waals surface area (Å²) in [5.41, 5.74) is 14.9. The molecule has 9 nitrogen and oxygen atoms in total. The number of aliphatic hydroxyl groups is 2. The Morgan fingerprint density at radius 2 is 1.86 bits per heavy atom. The minimum atomic E-state index is -0.252. The number of benzene rings is 1. The van der Waals surface area contributed by atoms with Crippen molar-refractivity contribution in [2.75, 3.05) is 26.9 Å². The summed E-state index contributed by atoms with van der Waals surface area (Å²) in [4.78, 5) is 18.1. The number of methoxy groups -OCH3 is 1. The van der Waals surface area contributed by atoms with E-state index in [1.807, 2.05) is 13.0 Å². The van der Waals surface area contributed by atoms with Crippen molar-refractivity contribution < 1.29 is 29.6 Å². The number of hydrogen-bond donors (Lipinski definition) is 5. The van der Waals surface area contributed by atoms with Crippen molar-refractivity contribution >= 4 is 11.7 Å². The van der Waals surface area contributed by atoms with Gasteiger partial charge in [-0.25, -0.2) is 4.99 Å². The van der Waals surface area contributed by atoms with Gasteiger partial charge in [-0.1, -0.05) is 25.7 Å². The molecule has 1 fully saturated rings. The molecule has 9 heteroatoms. The highest BCUT2D eigenvalue weighted by Crippen LogP contribution is 2.47. The van der Waals surface area contributed by atoms with Crippen LogP contribution in [0, 0.1) is 47.4 Å². The van der Waals surface area contributed by atoms with E-state index in [9.17, 15) is 20.1 Å². The first-order chi connectivity index (χ1) is 24.2. The average molecular weight is 690 g/mol. The number of rotatable bonds is 14. The highest BCUT2D eigenvalue weighted by atomic mass is 16.5. The molecule has 0 heterocycles. The molecule has 0 spiro atoms. The monoisotopic (exact) mass is 689 g/mol. The summed E-state index contributed by atoms with van der Waals surface area (Å²) >= 11 is 0. The fourth-order valence-corrected chi connectivity index (χ4v) is 7.95. The van der Waals surface area contributed by atoms with Gasteiger partial charge in [0.2, 0.25) is 0 Å². The quantitative estimate of drug-likeness (QED) is 0.0741. The number of carbonyl (C=O) groups excluding carboxylic acids is 1. The first kappa shape index (κ1) is 39.3. The Morgan fingerprint density at radius 3 is 2.54 bits per heavy atom. The summed E-state index contributed by atoms with van der Waals surface area (Å²) in [6.45, 7) is 4.47. The van der Waals surface area contributed by atoms with Crippen LogP contribution in [0.15, 0.2) is 22.7 Å². The minimum Gasteiger partial charge on any atom is -0.504 e. The van der Waals surface area contributed by atoms with E-state index in [1.54, 1.807) is 13.2 Å². The van der Waals surface area contributed by atoms with E-state index >= 15 is 0 Å². The molecule has 5 rings (SSSR count). The molecular formula is C41H59N3O6. The van der Waals surface area contributed by atoms with Crippen molar-refractivity contribution in [3.05, 3.63) is 34.4 Å². The number of phenolic OH excluding ortho intramolecular Hbond substituents is 1. The number of hydrogen-bond acceptors (Lipinski definition) is 7. The number of guanidine groups is 1. The van der Waals surface area contributed by atoms with E-state index in [0.29, 0.717) is 49.5 Å². The Labute approximate surface area is 299 Å². The van der Waals surface area contributed by atoms with Crippen LogP contribution in [-0.2, 0) is 16.0 Å². The summed E-state index contributed by atoms with van der Waals surface area (Å²) in [5.74, 6) is 14.3. The topological polar surface area (TPSA) is 161 Å². The number of ether oxygens (including phenoxy) is 2. The molecule has 0 amide bonds. The molecule has 6 unspecified atom stereocenters. The molecule has 274 valence electrons. The number of fused-ring (bicyclic) bond motifs is 8. The van der Waals surface area contributed by atoms with Crippen LogP contribution in [-0.4, -0.2) is 66.1 Å². The number of nitrogens with two attached hydrogens (primary N) is 2. The van der Waals surface area contributed by atoms with E-state index in [-0.39, 0.29) is 72.9 Å². The van der Waals surface area contributed by atoms with Crippen LogP contribution < -0.4 is 16.2 Å². The molecule has 0 aromatic heterocycles. The highest BCUT2D eigenvalue weighted by Gasteiger charge is 2.34. The first-order valence-corrected chi connectivity index (χ1v) is 18.7. The Hall–Kier alpha value is -3.50. The van der Waals surface area contributed by atoms with Crippen molar-refractivity contribution in [1.29, 1.82) is 0 Å². The number of aliphatic hydroxyl groups excluding tert-OH is 2. The predicted molar refractivity (Wildman–Crippen MR) is 198 cm³/mol.